The summed E-state index contributed by atoms with van der Waals surface area (Å²) in [4.78, 5) is 0. The lowest BCUT2D eigenvalue weighted by atomic mass is 9.64. The zero-order chi connectivity index (χ0) is 12.8. The maximum Gasteiger partial charge on any atom is 0.126 e. The zero-order valence-corrected chi connectivity index (χ0v) is 11.3. The third-order valence-electron chi connectivity index (χ3n) is 4.63. The van der Waals surface area contributed by atoms with Crippen LogP contribution in [-0.2, 0) is 0 Å². The second kappa shape index (κ2) is 4.41. The molecule has 1 aromatic carbocycles. The van der Waals surface area contributed by atoms with E-state index in [1.165, 1.54) is 31.7 Å². The standard InChI is InChI=1S/C15H18ClFO/c1-10-8-11(4-5-12(10)17)18-14-9-13(16)15(14)6-2-3-7-15/h4-5,8,13-14H,2-3,6-7,9H2,1H3. The first-order chi connectivity index (χ1) is 8.62. The number of aryl methyl sites for hydroxylation is 1. The second-order valence-corrected chi connectivity index (χ2v) is 6.19. The van der Waals surface area contributed by atoms with E-state index in [0.29, 0.717) is 5.56 Å². The van der Waals surface area contributed by atoms with Gasteiger partial charge in [-0.3, -0.25) is 0 Å². The summed E-state index contributed by atoms with van der Waals surface area (Å²) in [6.07, 6.45) is 5.99. The molecule has 1 spiro atoms. The molecule has 3 rings (SSSR count). The van der Waals surface area contributed by atoms with E-state index in [4.69, 9.17) is 16.3 Å². The van der Waals surface area contributed by atoms with E-state index in [1.54, 1.807) is 19.1 Å². The van der Waals surface area contributed by atoms with E-state index in [-0.39, 0.29) is 22.7 Å². The molecule has 1 aromatic rings. The van der Waals surface area contributed by atoms with Gasteiger partial charge in [0.1, 0.15) is 17.7 Å². The summed E-state index contributed by atoms with van der Waals surface area (Å²) in [6, 6.07) is 4.97. The molecule has 0 saturated heterocycles. The van der Waals surface area contributed by atoms with Crippen molar-refractivity contribution in [3.05, 3.63) is 29.6 Å². The maximum absolute atomic E-state index is 13.2. The van der Waals surface area contributed by atoms with Crippen molar-refractivity contribution in [3.63, 3.8) is 0 Å². The van der Waals surface area contributed by atoms with Gasteiger partial charge in [0.2, 0.25) is 0 Å². The minimum Gasteiger partial charge on any atom is -0.490 e. The first kappa shape index (κ1) is 12.3. The van der Waals surface area contributed by atoms with Crippen molar-refractivity contribution >= 4 is 11.6 Å². The van der Waals surface area contributed by atoms with E-state index in [1.807, 2.05) is 0 Å². The summed E-state index contributed by atoms with van der Waals surface area (Å²) in [5.41, 5.74) is 0.818. The number of halogens is 2. The molecule has 0 N–H and O–H groups in total. The molecule has 0 heterocycles. The average molecular weight is 269 g/mol. The Morgan fingerprint density at radius 3 is 2.67 bits per heavy atom. The lowest BCUT2D eigenvalue weighted by molar-refractivity contribution is -0.0356. The molecular weight excluding hydrogens is 251 g/mol. The topological polar surface area (TPSA) is 9.23 Å². The average Bonchev–Trinajstić information content (AvgIpc) is 2.85. The minimum atomic E-state index is -0.179. The van der Waals surface area contributed by atoms with Crippen molar-refractivity contribution in [2.45, 2.75) is 50.5 Å². The van der Waals surface area contributed by atoms with Crippen molar-refractivity contribution in [2.75, 3.05) is 0 Å². The van der Waals surface area contributed by atoms with Gasteiger partial charge in [-0.2, -0.15) is 0 Å². The minimum absolute atomic E-state index is 0.179. The second-order valence-electron chi connectivity index (χ2n) is 5.66. The van der Waals surface area contributed by atoms with Gasteiger partial charge < -0.3 is 4.74 Å². The fraction of sp³-hybridized carbons (Fsp3) is 0.600. The van der Waals surface area contributed by atoms with Crippen molar-refractivity contribution in [3.8, 4) is 5.75 Å². The van der Waals surface area contributed by atoms with Crippen LogP contribution in [0.1, 0.15) is 37.7 Å². The highest BCUT2D eigenvalue weighted by atomic mass is 35.5. The highest BCUT2D eigenvalue weighted by Crippen LogP contribution is 2.57. The fourth-order valence-corrected chi connectivity index (χ4v) is 3.91. The Hall–Kier alpha value is -0.760. The monoisotopic (exact) mass is 268 g/mol. The molecule has 0 aliphatic heterocycles. The van der Waals surface area contributed by atoms with Gasteiger partial charge >= 0.3 is 0 Å². The number of benzene rings is 1. The SMILES string of the molecule is Cc1cc(OC2CC(Cl)C23CCCC3)ccc1F. The Morgan fingerprint density at radius 2 is 2.06 bits per heavy atom. The van der Waals surface area contributed by atoms with Crippen molar-refractivity contribution in [1.29, 1.82) is 0 Å². The van der Waals surface area contributed by atoms with Crippen LogP contribution < -0.4 is 4.74 Å². The van der Waals surface area contributed by atoms with E-state index in [0.717, 1.165) is 12.2 Å². The molecule has 2 unspecified atom stereocenters. The Labute approximate surface area is 112 Å². The molecule has 98 valence electrons. The van der Waals surface area contributed by atoms with E-state index in [2.05, 4.69) is 0 Å². The molecule has 0 bridgehead atoms. The molecule has 18 heavy (non-hydrogen) atoms. The molecule has 0 aromatic heterocycles. The van der Waals surface area contributed by atoms with Crippen LogP contribution in [0.25, 0.3) is 0 Å². The summed E-state index contributed by atoms with van der Waals surface area (Å²) >= 11 is 6.39. The Kier molecular flexibility index (Phi) is 3.01. The quantitative estimate of drug-likeness (QED) is 0.720. The summed E-state index contributed by atoms with van der Waals surface area (Å²) in [5.74, 6) is 0.593. The summed E-state index contributed by atoms with van der Waals surface area (Å²) in [6.45, 7) is 1.76. The zero-order valence-electron chi connectivity index (χ0n) is 10.6. The van der Waals surface area contributed by atoms with E-state index in [9.17, 15) is 4.39 Å². The van der Waals surface area contributed by atoms with Crippen LogP contribution in [0.3, 0.4) is 0 Å². The smallest absolute Gasteiger partial charge is 0.126 e. The third-order valence-corrected chi connectivity index (χ3v) is 5.24. The molecule has 2 fully saturated rings. The molecular formula is C15H18ClFO. The molecule has 2 saturated carbocycles. The molecule has 2 aliphatic carbocycles. The van der Waals surface area contributed by atoms with Crippen LogP contribution in [0.4, 0.5) is 4.39 Å². The van der Waals surface area contributed by atoms with Gasteiger partial charge in [-0.15, -0.1) is 11.6 Å². The number of hydrogen-bond donors (Lipinski definition) is 0. The Balaban J connectivity index is 1.75. The highest BCUT2D eigenvalue weighted by Gasteiger charge is 2.56. The third kappa shape index (κ3) is 1.82. The number of alkyl halides is 1. The number of hydrogen-bond acceptors (Lipinski definition) is 1. The van der Waals surface area contributed by atoms with Crippen molar-refractivity contribution in [1.82, 2.24) is 0 Å². The normalized spacial score (nSPS) is 29.3. The summed E-state index contributed by atoms with van der Waals surface area (Å²) in [5, 5.41) is 0.256. The van der Waals surface area contributed by atoms with Gasteiger partial charge in [-0.05, 0) is 43.5 Å². The van der Waals surface area contributed by atoms with Crippen LogP contribution in [-0.4, -0.2) is 11.5 Å². The predicted molar refractivity (Wildman–Crippen MR) is 70.7 cm³/mol. The van der Waals surface area contributed by atoms with Crippen LogP contribution in [0.5, 0.6) is 5.75 Å². The Morgan fingerprint density at radius 1 is 1.33 bits per heavy atom. The van der Waals surface area contributed by atoms with Gasteiger partial charge in [0, 0.05) is 17.2 Å². The largest absolute Gasteiger partial charge is 0.490 e. The van der Waals surface area contributed by atoms with Crippen LogP contribution >= 0.6 is 11.6 Å². The van der Waals surface area contributed by atoms with Gasteiger partial charge in [0.25, 0.3) is 0 Å². The molecule has 0 radical (unpaired) electrons. The molecule has 3 heteroatoms. The lowest BCUT2D eigenvalue weighted by Crippen LogP contribution is -2.55. The molecule has 2 atom stereocenters. The summed E-state index contributed by atoms with van der Waals surface area (Å²) < 4.78 is 19.3. The molecule has 1 nitrogen and oxygen atoms in total. The maximum atomic E-state index is 13.2. The predicted octanol–water partition coefficient (Wildman–Crippen LogP) is 4.45. The highest BCUT2D eigenvalue weighted by molar-refractivity contribution is 6.21. The van der Waals surface area contributed by atoms with Crippen molar-refractivity contribution in [2.24, 2.45) is 5.41 Å². The van der Waals surface area contributed by atoms with Gasteiger partial charge in [-0.1, -0.05) is 12.8 Å². The van der Waals surface area contributed by atoms with Gasteiger partial charge in [0.05, 0.1) is 0 Å². The fourth-order valence-electron chi connectivity index (χ4n) is 3.39. The van der Waals surface area contributed by atoms with E-state index < -0.39 is 0 Å². The lowest BCUT2D eigenvalue weighted by Gasteiger charge is -2.50. The van der Waals surface area contributed by atoms with Gasteiger partial charge in [-0.25, -0.2) is 4.39 Å². The van der Waals surface area contributed by atoms with E-state index >= 15 is 0 Å². The number of rotatable bonds is 2. The van der Waals surface area contributed by atoms with Crippen LogP contribution in [0, 0.1) is 18.2 Å². The van der Waals surface area contributed by atoms with Crippen molar-refractivity contribution < 1.29 is 9.13 Å². The first-order valence-corrected chi connectivity index (χ1v) is 7.12. The van der Waals surface area contributed by atoms with Gasteiger partial charge in [0.15, 0.2) is 0 Å². The summed E-state index contributed by atoms with van der Waals surface area (Å²) in [7, 11) is 0. The number of ether oxygens (including phenoxy) is 1. The van der Waals surface area contributed by atoms with Crippen LogP contribution in [0.15, 0.2) is 18.2 Å². The molecule has 2 aliphatic rings. The molecule has 0 amide bonds. The van der Waals surface area contributed by atoms with Crippen LogP contribution in [0.2, 0.25) is 0 Å². The Bertz CT molecular complexity index is 454. The first-order valence-electron chi connectivity index (χ1n) is 6.69.